The number of hydrogen-bond acceptors (Lipinski definition) is 2. The van der Waals surface area contributed by atoms with E-state index < -0.39 is 0 Å². The Balaban J connectivity index is 3.43. The van der Waals surface area contributed by atoms with Gasteiger partial charge in [0.15, 0.2) is 0 Å². The topological polar surface area (TPSA) is 18.5 Å². The van der Waals surface area contributed by atoms with Gasteiger partial charge in [0.1, 0.15) is 0 Å². The highest BCUT2D eigenvalue weighted by molar-refractivity contribution is 4.81. The van der Waals surface area contributed by atoms with Crippen molar-refractivity contribution in [3.05, 3.63) is 12.2 Å². The molecular weight excluding hydrogens is 296 g/mol. The number of hydrogen-bond donors (Lipinski definition) is 0. The molecule has 2 heteroatoms. The van der Waals surface area contributed by atoms with Crippen LogP contribution in [0.25, 0.3) is 0 Å². The minimum Gasteiger partial charge on any atom is -0.379 e. The summed E-state index contributed by atoms with van der Waals surface area (Å²) in [7, 11) is 1.81. The van der Waals surface area contributed by atoms with Crippen molar-refractivity contribution < 1.29 is 9.47 Å². The van der Waals surface area contributed by atoms with Crippen molar-refractivity contribution in [1.29, 1.82) is 0 Å². The molecule has 0 aromatic carbocycles. The molecule has 0 heterocycles. The zero-order chi connectivity index (χ0) is 18.0. The van der Waals surface area contributed by atoms with Gasteiger partial charge in [-0.05, 0) is 52.9 Å². The molecule has 0 bridgehead atoms. The smallest absolute Gasteiger partial charge is 0.0830 e. The molecule has 2 unspecified atom stereocenters. The largest absolute Gasteiger partial charge is 0.379 e. The molecule has 0 aliphatic heterocycles. The summed E-state index contributed by atoms with van der Waals surface area (Å²) in [4.78, 5) is 0. The van der Waals surface area contributed by atoms with Gasteiger partial charge < -0.3 is 9.47 Å². The first-order chi connectivity index (χ1) is 11.6. The molecule has 0 saturated heterocycles. The number of unbranched alkanes of at least 4 members (excludes halogenated alkanes) is 9. The normalized spacial score (nSPS) is 14.6. The molecule has 0 amide bonds. The van der Waals surface area contributed by atoms with Gasteiger partial charge in [0, 0.05) is 7.11 Å². The third-order valence-electron chi connectivity index (χ3n) is 4.56. The number of rotatable bonds is 17. The van der Waals surface area contributed by atoms with Gasteiger partial charge in [-0.3, -0.25) is 0 Å². The summed E-state index contributed by atoms with van der Waals surface area (Å²) in [6.45, 7) is 8.57. The Morgan fingerprint density at radius 1 is 0.750 bits per heavy atom. The van der Waals surface area contributed by atoms with Gasteiger partial charge in [-0.15, -0.1) is 0 Å². The van der Waals surface area contributed by atoms with Crippen molar-refractivity contribution in [1.82, 2.24) is 0 Å². The van der Waals surface area contributed by atoms with Crippen molar-refractivity contribution in [3.63, 3.8) is 0 Å². The minimum atomic E-state index is 0.194. The fourth-order valence-electron chi connectivity index (χ4n) is 3.12. The van der Waals surface area contributed by atoms with Crippen LogP contribution in [0.3, 0.4) is 0 Å². The molecule has 0 radical (unpaired) electrons. The summed E-state index contributed by atoms with van der Waals surface area (Å²) < 4.78 is 11.4. The molecule has 0 saturated carbocycles. The van der Waals surface area contributed by atoms with E-state index in [9.17, 15) is 0 Å². The molecule has 2 nitrogen and oxygen atoms in total. The maximum absolute atomic E-state index is 5.84. The van der Waals surface area contributed by atoms with E-state index in [-0.39, 0.29) is 18.3 Å². The summed E-state index contributed by atoms with van der Waals surface area (Å²) in [5.41, 5.74) is 0. The zero-order valence-electron chi connectivity index (χ0n) is 17.2. The first-order valence-electron chi connectivity index (χ1n) is 10.4. The summed E-state index contributed by atoms with van der Waals surface area (Å²) in [6, 6.07) is 0. The van der Waals surface area contributed by atoms with Crippen molar-refractivity contribution in [2.75, 3.05) is 7.11 Å². The Hall–Kier alpha value is -0.340. The van der Waals surface area contributed by atoms with Crippen LogP contribution in [0.4, 0.5) is 0 Å². The minimum absolute atomic E-state index is 0.194. The Morgan fingerprint density at radius 3 is 1.83 bits per heavy atom. The molecule has 0 fully saturated rings. The van der Waals surface area contributed by atoms with E-state index in [4.69, 9.17) is 9.47 Å². The lowest BCUT2D eigenvalue weighted by Crippen LogP contribution is -2.30. The van der Waals surface area contributed by atoms with Gasteiger partial charge in [-0.2, -0.15) is 0 Å². The molecule has 0 aliphatic rings. The Labute approximate surface area is 152 Å². The summed E-state index contributed by atoms with van der Waals surface area (Å²) in [5.74, 6) is 0. The molecule has 0 N–H and O–H groups in total. The molecule has 2 atom stereocenters. The zero-order valence-corrected chi connectivity index (χ0v) is 17.2. The third kappa shape index (κ3) is 15.2. The lowest BCUT2D eigenvalue weighted by atomic mass is 10.0. The Kier molecular flexibility index (Phi) is 17.2. The summed E-state index contributed by atoms with van der Waals surface area (Å²) >= 11 is 0. The van der Waals surface area contributed by atoms with Crippen LogP contribution in [0.15, 0.2) is 12.2 Å². The van der Waals surface area contributed by atoms with Crippen LogP contribution in [-0.2, 0) is 9.47 Å². The maximum atomic E-state index is 5.84. The second-order valence-electron chi connectivity index (χ2n) is 7.33. The second kappa shape index (κ2) is 17.5. The number of methoxy groups -OCH3 is 1. The first-order valence-corrected chi connectivity index (χ1v) is 10.4. The second-order valence-corrected chi connectivity index (χ2v) is 7.33. The predicted octanol–water partition coefficient (Wildman–Crippen LogP) is 7.07. The monoisotopic (exact) mass is 340 g/mol. The van der Waals surface area contributed by atoms with Crippen LogP contribution >= 0.6 is 0 Å². The van der Waals surface area contributed by atoms with Crippen LogP contribution < -0.4 is 0 Å². The average Bonchev–Trinajstić information content (AvgIpc) is 2.54. The fourth-order valence-corrected chi connectivity index (χ4v) is 3.12. The first kappa shape index (κ1) is 23.7. The van der Waals surface area contributed by atoms with Gasteiger partial charge in [-0.25, -0.2) is 0 Å². The quantitative estimate of drug-likeness (QED) is 0.208. The van der Waals surface area contributed by atoms with E-state index in [1.54, 1.807) is 7.11 Å². The molecule has 0 spiro atoms. The summed E-state index contributed by atoms with van der Waals surface area (Å²) in [6.07, 6.45) is 21.2. The molecule has 24 heavy (non-hydrogen) atoms. The molecule has 0 aliphatic carbocycles. The maximum Gasteiger partial charge on any atom is 0.0830 e. The molecule has 0 aromatic rings. The van der Waals surface area contributed by atoms with Gasteiger partial charge in [0.2, 0.25) is 0 Å². The van der Waals surface area contributed by atoms with Crippen molar-refractivity contribution in [2.24, 2.45) is 0 Å². The molecular formula is C22H44O2. The average molecular weight is 341 g/mol. The van der Waals surface area contributed by atoms with E-state index in [0.717, 1.165) is 6.42 Å². The molecule has 0 rings (SSSR count). The highest BCUT2D eigenvalue weighted by atomic mass is 16.5. The van der Waals surface area contributed by atoms with Gasteiger partial charge in [0.05, 0.1) is 18.3 Å². The van der Waals surface area contributed by atoms with Crippen LogP contribution in [0, 0.1) is 0 Å². The highest BCUT2D eigenvalue weighted by Gasteiger charge is 2.17. The fraction of sp³-hybridized carbons (Fsp3) is 0.909. The predicted molar refractivity (Wildman–Crippen MR) is 107 cm³/mol. The van der Waals surface area contributed by atoms with Gasteiger partial charge in [0.25, 0.3) is 0 Å². The molecule has 144 valence electrons. The lowest BCUT2D eigenvalue weighted by Gasteiger charge is -2.24. The van der Waals surface area contributed by atoms with Crippen LogP contribution in [0.2, 0.25) is 0 Å². The van der Waals surface area contributed by atoms with Crippen molar-refractivity contribution in [2.45, 2.75) is 123 Å². The van der Waals surface area contributed by atoms with E-state index in [1.807, 2.05) is 0 Å². The van der Waals surface area contributed by atoms with Crippen molar-refractivity contribution >= 4 is 0 Å². The SMILES string of the molecule is CCCCCC=CCCCCCCCCC(OC)C(C)OC(C)C. The van der Waals surface area contributed by atoms with Crippen molar-refractivity contribution in [3.8, 4) is 0 Å². The lowest BCUT2D eigenvalue weighted by molar-refractivity contribution is -0.0736. The van der Waals surface area contributed by atoms with Crippen LogP contribution in [-0.4, -0.2) is 25.4 Å². The number of ether oxygens (including phenoxy) is 2. The highest BCUT2D eigenvalue weighted by Crippen LogP contribution is 2.15. The Bertz CT molecular complexity index is 273. The van der Waals surface area contributed by atoms with Crippen LogP contribution in [0.5, 0.6) is 0 Å². The third-order valence-corrected chi connectivity index (χ3v) is 4.56. The van der Waals surface area contributed by atoms with E-state index in [2.05, 4.69) is 39.8 Å². The summed E-state index contributed by atoms with van der Waals surface area (Å²) in [5, 5.41) is 0. The number of allylic oxidation sites excluding steroid dienone is 2. The molecule has 0 aromatic heterocycles. The standard InChI is InChI=1S/C22H44O2/c1-6-7-8-9-10-11-12-13-14-15-16-17-18-19-22(23-5)21(4)24-20(2)3/h10-11,20-22H,6-9,12-19H2,1-5H3. The van der Waals surface area contributed by atoms with Crippen LogP contribution in [0.1, 0.15) is 105 Å². The van der Waals surface area contributed by atoms with Gasteiger partial charge in [-0.1, -0.05) is 64.0 Å². The van der Waals surface area contributed by atoms with E-state index in [1.165, 1.54) is 70.6 Å². The Morgan fingerprint density at radius 2 is 1.29 bits per heavy atom. The van der Waals surface area contributed by atoms with E-state index in [0.29, 0.717) is 0 Å². The van der Waals surface area contributed by atoms with Gasteiger partial charge >= 0.3 is 0 Å². The van der Waals surface area contributed by atoms with E-state index >= 15 is 0 Å².